The fourth-order valence-corrected chi connectivity index (χ4v) is 4.13. The van der Waals surface area contributed by atoms with E-state index in [0.717, 1.165) is 17.8 Å². The van der Waals surface area contributed by atoms with Crippen LogP contribution in [0.4, 0.5) is 11.4 Å². The number of anilines is 2. The lowest BCUT2D eigenvalue weighted by atomic mass is 9.96. The molecule has 0 aromatic heterocycles. The second-order valence-corrected chi connectivity index (χ2v) is 7.99. The quantitative estimate of drug-likeness (QED) is 0.409. The van der Waals surface area contributed by atoms with Gasteiger partial charge in [0, 0.05) is 26.2 Å². The molecule has 1 atom stereocenters. The van der Waals surface area contributed by atoms with Gasteiger partial charge in [-0.3, -0.25) is 5.01 Å². The smallest absolute Gasteiger partial charge is 0.0831 e. The third kappa shape index (κ3) is 3.43. The highest BCUT2D eigenvalue weighted by atomic mass is 15.5. The highest BCUT2D eigenvalue weighted by molar-refractivity contribution is 6.05. The Kier molecular flexibility index (Phi) is 4.72. The molecule has 0 unspecified atom stereocenters. The van der Waals surface area contributed by atoms with Gasteiger partial charge >= 0.3 is 0 Å². The summed E-state index contributed by atoms with van der Waals surface area (Å²) in [6.07, 6.45) is 0.883. The highest BCUT2D eigenvalue weighted by Crippen LogP contribution is 2.37. The normalized spacial score (nSPS) is 16.0. The zero-order chi connectivity index (χ0) is 20.5. The van der Waals surface area contributed by atoms with Crippen molar-refractivity contribution in [2.75, 3.05) is 24.0 Å². The van der Waals surface area contributed by atoms with E-state index in [4.69, 9.17) is 5.10 Å². The minimum absolute atomic E-state index is 0.185. The minimum atomic E-state index is 0.185. The van der Waals surface area contributed by atoms with E-state index >= 15 is 0 Å². The zero-order valence-corrected chi connectivity index (χ0v) is 17.4. The molecule has 0 radical (unpaired) electrons. The summed E-state index contributed by atoms with van der Waals surface area (Å²) in [6, 6.07) is 34.6. The maximum Gasteiger partial charge on any atom is 0.0831 e. The van der Waals surface area contributed by atoms with Crippen molar-refractivity contribution in [2.45, 2.75) is 12.5 Å². The fourth-order valence-electron chi connectivity index (χ4n) is 4.13. The van der Waals surface area contributed by atoms with Crippen LogP contribution in [0.5, 0.6) is 0 Å². The Balaban J connectivity index is 1.54. The molecule has 5 rings (SSSR count). The molecule has 4 aromatic rings. The van der Waals surface area contributed by atoms with Gasteiger partial charge in [0.1, 0.15) is 0 Å². The highest BCUT2D eigenvalue weighted by Gasteiger charge is 2.30. The molecule has 0 spiro atoms. The molecule has 0 amide bonds. The van der Waals surface area contributed by atoms with Gasteiger partial charge in [0.25, 0.3) is 0 Å². The summed E-state index contributed by atoms with van der Waals surface area (Å²) in [5, 5.41) is 9.78. The van der Waals surface area contributed by atoms with E-state index in [1.807, 2.05) is 0 Å². The van der Waals surface area contributed by atoms with Gasteiger partial charge < -0.3 is 4.90 Å². The third-order valence-electron chi connectivity index (χ3n) is 5.81. The zero-order valence-electron chi connectivity index (χ0n) is 17.4. The van der Waals surface area contributed by atoms with Crippen LogP contribution in [0.25, 0.3) is 10.8 Å². The average molecular weight is 392 g/mol. The molecule has 1 heterocycles. The lowest BCUT2D eigenvalue weighted by molar-refractivity contribution is 0.709. The maximum absolute atomic E-state index is 5.09. The molecule has 3 nitrogen and oxygen atoms in total. The number of hydrogen-bond acceptors (Lipinski definition) is 3. The third-order valence-corrected chi connectivity index (χ3v) is 5.81. The van der Waals surface area contributed by atoms with Crippen molar-refractivity contribution < 1.29 is 0 Å². The molecule has 148 valence electrons. The largest absolute Gasteiger partial charge is 0.378 e. The molecule has 0 N–H and O–H groups in total. The molecule has 0 aliphatic carbocycles. The van der Waals surface area contributed by atoms with Crippen molar-refractivity contribution in [1.82, 2.24) is 0 Å². The number of nitrogens with zero attached hydrogens (tertiary/aromatic N) is 3. The number of hydrazone groups is 1. The van der Waals surface area contributed by atoms with Gasteiger partial charge in [0.05, 0.1) is 17.4 Å². The average Bonchev–Trinajstić information content (AvgIpc) is 3.25. The Morgan fingerprint density at radius 2 is 1.47 bits per heavy atom. The van der Waals surface area contributed by atoms with E-state index in [1.54, 1.807) is 0 Å². The van der Waals surface area contributed by atoms with Crippen LogP contribution in [0.15, 0.2) is 102 Å². The minimum Gasteiger partial charge on any atom is -0.378 e. The van der Waals surface area contributed by atoms with Crippen LogP contribution in [0.1, 0.15) is 23.6 Å². The molecule has 3 heteroatoms. The standard InChI is InChI=1S/C27H25N3/c1-29(2)24-16-14-21(15-17-24)27-19-26(28-30(27)25-10-4-3-5-11-25)23-13-12-20-8-6-7-9-22(20)18-23/h3-18,27H,19H2,1-2H3/t27-/m1/s1. The van der Waals surface area contributed by atoms with Gasteiger partial charge in [0.2, 0.25) is 0 Å². The Labute approximate surface area is 177 Å². The maximum atomic E-state index is 5.09. The van der Waals surface area contributed by atoms with Crippen LogP contribution in [0.2, 0.25) is 0 Å². The molecule has 0 saturated carbocycles. The van der Waals surface area contributed by atoms with Crippen molar-refractivity contribution in [3.8, 4) is 0 Å². The molecule has 0 saturated heterocycles. The SMILES string of the molecule is CN(C)c1ccc([C@H]2CC(c3ccc4ccccc4c3)=NN2c2ccccc2)cc1. The summed E-state index contributed by atoms with van der Waals surface area (Å²) in [4.78, 5) is 2.13. The van der Waals surface area contributed by atoms with Crippen molar-refractivity contribution in [1.29, 1.82) is 0 Å². The monoisotopic (exact) mass is 391 g/mol. The fraction of sp³-hybridized carbons (Fsp3) is 0.148. The summed E-state index contributed by atoms with van der Waals surface area (Å²) in [5.74, 6) is 0. The predicted octanol–water partition coefficient (Wildman–Crippen LogP) is 6.26. The van der Waals surface area contributed by atoms with Gasteiger partial charge in [-0.2, -0.15) is 5.10 Å². The second kappa shape index (κ2) is 7.68. The number of rotatable bonds is 4. The summed E-state index contributed by atoms with van der Waals surface area (Å²) in [7, 11) is 4.14. The van der Waals surface area contributed by atoms with Crippen molar-refractivity contribution in [3.63, 3.8) is 0 Å². The van der Waals surface area contributed by atoms with Crippen LogP contribution < -0.4 is 9.91 Å². The van der Waals surface area contributed by atoms with Gasteiger partial charge in [0.15, 0.2) is 0 Å². The second-order valence-electron chi connectivity index (χ2n) is 7.99. The molecular weight excluding hydrogens is 366 g/mol. The van der Waals surface area contributed by atoms with Crippen LogP contribution >= 0.6 is 0 Å². The predicted molar refractivity (Wildman–Crippen MR) is 128 cm³/mol. The first kappa shape index (κ1) is 18.4. The first-order chi connectivity index (χ1) is 14.7. The molecule has 0 bridgehead atoms. The van der Waals surface area contributed by atoms with Gasteiger partial charge in [-0.15, -0.1) is 0 Å². The van der Waals surface area contributed by atoms with Crippen molar-refractivity contribution >= 4 is 27.9 Å². The summed E-state index contributed by atoms with van der Waals surface area (Å²) < 4.78 is 0. The number of hydrogen-bond donors (Lipinski definition) is 0. The van der Waals surface area contributed by atoms with E-state index in [9.17, 15) is 0 Å². The van der Waals surface area contributed by atoms with Crippen LogP contribution in [-0.4, -0.2) is 19.8 Å². The first-order valence-corrected chi connectivity index (χ1v) is 10.4. The van der Waals surface area contributed by atoms with E-state index in [-0.39, 0.29) is 6.04 Å². The Hall–Kier alpha value is -3.59. The van der Waals surface area contributed by atoms with Crippen molar-refractivity contribution in [2.24, 2.45) is 5.10 Å². The van der Waals surface area contributed by atoms with Crippen LogP contribution in [0.3, 0.4) is 0 Å². The van der Waals surface area contributed by atoms with Gasteiger partial charge in [-0.05, 0) is 52.2 Å². The molecule has 0 fully saturated rings. The summed E-state index contributed by atoms with van der Waals surface area (Å²) in [5.41, 5.74) is 5.94. The number of benzene rings is 4. The molecule has 1 aliphatic rings. The molecule has 30 heavy (non-hydrogen) atoms. The lowest BCUT2D eigenvalue weighted by Crippen LogP contribution is -2.18. The Morgan fingerprint density at radius 1 is 0.767 bits per heavy atom. The van der Waals surface area contributed by atoms with Gasteiger partial charge in [-0.25, -0.2) is 0 Å². The van der Waals surface area contributed by atoms with Crippen LogP contribution in [0, 0.1) is 0 Å². The summed E-state index contributed by atoms with van der Waals surface area (Å²) >= 11 is 0. The van der Waals surface area contributed by atoms with E-state index < -0.39 is 0 Å². The number of fused-ring (bicyclic) bond motifs is 1. The molecule has 4 aromatic carbocycles. The Bertz CT molecular complexity index is 1190. The number of para-hydroxylation sites is 1. The van der Waals surface area contributed by atoms with Gasteiger partial charge in [-0.1, -0.05) is 66.7 Å². The van der Waals surface area contributed by atoms with Crippen molar-refractivity contribution in [3.05, 3.63) is 108 Å². The van der Waals surface area contributed by atoms with Crippen LogP contribution in [-0.2, 0) is 0 Å². The lowest BCUT2D eigenvalue weighted by Gasteiger charge is -2.24. The molecular formula is C27H25N3. The van der Waals surface area contributed by atoms with E-state index in [2.05, 4.69) is 121 Å². The van der Waals surface area contributed by atoms with E-state index in [0.29, 0.717) is 0 Å². The molecule has 1 aliphatic heterocycles. The topological polar surface area (TPSA) is 18.8 Å². The van der Waals surface area contributed by atoms with E-state index in [1.165, 1.54) is 27.6 Å². The Morgan fingerprint density at radius 3 is 2.20 bits per heavy atom. The first-order valence-electron chi connectivity index (χ1n) is 10.4. The summed E-state index contributed by atoms with van der Waals surface area (Å²) in [6.45, 7) is 0.